The number of aromatic nitrogens is 3. The minimum atomic E-state index is -0.465. The predicted molar refractivity (Wildman–Crippen MR) is 127 cm³/mol. The van der Waals surface area contributed by atoms with E-state index in [-0.39, 0.29) is 23.7 Å². The predicted octanol–water partition coefficient (Wildman–Crippen LogP) is 2.23. The van der Waals surface area contributed by atoms with Gasteiger partial charge in [-0.1, -0.05) is 42.0 Å². The standard InChI is InChI=1S/C25H35N7O2/c1-27-25(20-8-3-2-4-9-20)12-10-24(11-13-25)18-30(23(34)32(24)14-19-6-5-7-19)15-21-16-31(29-28-21)17-22(26)33/h2-4,8-9,16,19,27H,5-7,10-15,17-18H2,1H3,(H2,26,33). The van der Waals surface area contributed by atoms with Crippen LogP contribution in [-0.2, 0) is 23.4 Å². The minimum Gasteiger partial charge on any atom is -0.368 e. The van der Waals surface area contributed by atoms with E-state index in [2.05, 4.69) is 57.9 Å². The van der Waals surface area contributed by atoms with Crippen molar-refractivity contribution in [2.75, 3.05) is 20.1 Å². The third-order valence-electron chi connectivity index (χ3n) is 8.32. The minimum absolute atomic E-state index is 0.00965. The zero-order valence-corrected chi connectivity index (χ0v) is 19.9. The molecule has 0 radical (unpaired) electrons. The maximum absolute atomic E-state index is 13.7. The van der Waals surface area contributed by atoms with Crippen LogP contribution < -0.4 is 11.1 Å². The van der Waals surface area contributed by atoms with Crippen molar-refractivity contribution in [2.24, 2.45) is 11.7 Å². The van der Waals surface area contributed by atoms with Gasteiger partial charge in [0, 0.05) is 18.6 Å². The topological polar surface area (TPSA) is 109 Å². The third-order valence-corrected chi connectivity index (χ3v) is 8.32. The molecule has 3 N–H and O–H groups in total. The summed E-state index contributed by atoms with van der Waals surface area (Å²) < 4.78 is 1.43. The zero-order chi connectivity index (χ0) is 23.8. The van der Waals surface area contributed by atoms with Gasteiger partial charge in [0.2, 0.25) is 5.91 Å². The second-order valence-electron chi connectivity index (χ2n) is 10.3. The number of carbonyl (C=O) groups excluding carboxylic acids is 2. The Labute approximate surface area is 200 Å². The molecule has 3 fully saturated rings. The van der Waals surface area contributed by atoms with Crippen LogP contribution in [0, 0.1) is 5.92 Å². The van der Waals surface area contributed by atoms with Crippen LogP contribution >= 0.6 is 0 Å². The van der Waals surface area contributed by atoms with Crippen LogP contribution in [0.2, 0.25) is 0 Å². The van der Waals surface area contributed by atoms with E-state index >= 15 is 0 Å². The highest BCUT2D eigenvalue weighted by molar-refractivity contribution is 5.78. The first-order valence-corrected chi connectivity index (χ1v) is 12.4. The van der Waals surface area contributed by atoms with Crippen molar-refractivity contribution in [2.45, 2.75) is 69.1 Å². The summed E-state index contributed by atoms with van der Waals surface area (Å²) in [5, 5.41) is 11.8. The smallest absolute Gasteiger partial charge is 0.320 e. The van der Waals surface area contributed by atoms with Crippen LogP contribution in [0.4, 0.5) is 4.79 Å². The molecule has 5 rings (SSSR count). The van der Waals surface area contributed by atoms with Gasteiger partial charge in [0.15, 0.2) is 0 Å². The van der Waals surface area contributed by atoms with Crippen LogP contribution in [-0.4, -0.2) is 62.4 Å². The number of nitrogens with one attached hydrogen (secondary N) is 1. The van der Waals surface area contributed by atoms with Gasteiger partial charge in [0.1, 0.15) is 12.2 Å². The van der Waals surface area contributed by atoms with Gasteiger partial charge in [-0.2, -0.15) is 0 Å². The van der Waals surface area contributed by atoms with Crippen molar-refractivity contribution in [1.82, 2.24) is 30.1 Å². The highest BCUT2D eigenvalue weighted by atomic mass is 16.2. The Morgan fingerprint density at radius 2 is 1.91 bits per heavy atom. The Hall–Kier alpha value is -2.94. The summed E-state index contributed by atoms with van der Waals surface area (Å²) >= 11 is 0. The number of hydrogen-bond donors (Lipinski definition) is 2. The van der Waals surface area contributed by atoms with Gasteiger partial charge < -0.3 is 20.9 Å². The van der Waals surface area contributed by atoms with Crippen LogP contribution in [0.15, 0.2) is 36.5 Å². The van der Waals surface area contributed by atoms with E-state index in [1.165, 1.54) is 29.5 Å². The van der Waals surface area contributed by atoms with E-state index in [0.717, 1.165) is 32.2 Å². The lowest BCUT2D eigenvalue weighted by Gasteiger charge is -2.49. The lowest BCUT2D eigenvalue weighted by molar-refractivity contribution is -0.118. The number of rotatable bonds is 8. The molecule has 2 saturated carbocycles. The molecular weight excluding hydrogens is 430 g/mol. The number of nitrogens with zero attached hydrogens (tertiary/aromatic N) is 5. The molecule has 9 heteroatoms. The second kappa shape index (κ2) is 9.02. The maximum atomic E-state index is 13.7. The molecule has 3 aliphatic rings. The number of amides is 3. The summed E-state index contributed by atoms with van der Waals surface area (Å²) in [6.07, 6.45) is 9.32. The van der Waals surface area contributed by atoms with Crippen molar-refractivity contribution in [3.05, 3.63) is 47.8 Å². The lowest BCUT2D eigenvalue weighted by atomic mass is 9.68. The van der Waals surface area contributed by atoms with Gasteiger partial charge in [-0.3, -0.25) is 4.79 Å². The fraction of sp³-hybridized carbons (Fsp3) is 0.600. The molecule has 2 aromatic rings. The van der Waals surface area contributed by atoms with Gasteiger partial charge in [0.05, 0.1) is 18.3 Å². The quantitative estimate of drug-likeness (QED) is 0.621. The van der Waals surface area contributed by atoms with Gasteiger partial charge in [0.25, 0.3) is 0 Å². The third kappa shape index (κ3) is 4.17. The number of primary amides is 1. The van der Waals surface area contributed by atoms with E-state index in [1.807, 2.05) is 4.90 Å². The molecular formula is C25H35N7O2. The molecule has 9 nitrogen and oxygen atoms in total. The molecule has 0 unspecified atom stereocenters. The molecule has 1 spiro atoms. The summed E-state index contributed by atoms with van der Waals surface area (Å²) in [6, 6.07) is 10.8. The van der Waals surface area contributed by atoms with E-state index in [1.54, 1.807) is 6.20 Å². The highest BCUT2D eigenvalue weighted by Crippen LogP contribution is 2.47. The number of urea groups is 1. The van der Waals surface area contributed by atoms with Crippen LogP contribution in [0.5, 0.6) is 0 Å². The van der Waals surface area contributed by atoms with Gasteiger partial charge in [-0.05, 0) is 57.1 Å². The average Bonchev–Trinajstić information content (AvgIpc) is 3.34. The molecule has 2 heterocycles. The first-order chi connectivity index (χ1) is 16.4. The van der Waals surface area contributed by atoms with Gasteiger partial charge in [-0.25, -0.2) is 9.48 Å². The van der Waals surface area contributed by atoms with Crippen molar-refractivity contribution < 1.29 is 9.59 Å². The number of hydrogen-bond acceptors (Lipinski definition) is 5. The molecule has 0 bridgehead atoms. The molecule has 3 amide bonds. The Morgan fingerprint density at radius 1 is 1.18 bits per heavy atom. The normalized spacial score (nSPS) is 27.4. The summed E-state index contributed by atoms with van der Waals surface area (Å²) in [4.78, 5) is 29.0. The van der Waals surface area contributed by atoms with Crippen molar-refractivity contribution in [3.8, 4) is 0 Å². The first kappa shape index (κ1) is 22.8. The summed E-state index contributed by atoms with van der Waals surface area (Å²) in [5.74, 6) is 0.148. The van der Waals surface area contributed by atoms with E-state index in [0.29, 0.717) is 24.7 Å². The van der Waals surface area contributed by atoms with Crippen molar-refractivity contribution in [1.29, 1.82) is 0 Å². The molecule has 34 heavy (non-hydrogen) atoms. The molecule has 1 saturated heterocycles. The van der Waals surface area contributed by atoms with Crippen LogP contribution in [0.3, 0.4) is 0 Å². The SMILES string of the molecule is CNC1(c2ccccc2)CCC2(CC1)CN(Cc1cn(CC(N)=O)nn1)C(=O)N2CC1CCC1. The Morgan fingerprint density at radius 3 is 2.53 bits per heavy atom. The molecule has 1 aliphatic heterocycles. The largest absolute Gasteiger partial charge is 0.368 e. The number of nitrogens with two attached hydrogens (primary N) is 1. The first-order valence-electron chi connectivity index (χ1n) is 12.4. The van der Waals surface area contributed by atoms with E-state index in [9.17, 15) is 9.59 Å². The molecule has 1 aromatic heterocycles. The van der Waals surface area contributed by atoms with E-state index in [4.69, 9.17) is 5.73 Å². The highest BCUT2D eigenvalue weighted by Gasteiger charge is 2.54. The Kier molecular flexibility index (Phi) is 6.06. The fourth-order valence-electron chi connectivity index (χ4n) is 6.06. The summed E-state index contributed by atoms with van der Waals surface area (Å²) in [5.41, 5.74) is 7.07. The molecule has 2 aliphatic carbocycles. The zero-order valence-electron chi connectivity index (χ0n) is 19.9. The molecule has 1 aromatic carbocycles. The van der Waals surface area contributed by atoms with Crippen LogP contribution in [0.25, 0.3) is 0 Å². The average molecular weight is 466 g/mol. The summed E-state index contributed by atoms with van der Waals surface area (Å²) in [6.45, 7) is 1.94. The molecule has 0 atom stereocenters. The van der Waals surface area contributed by atoms with Crippen molar-refractivity contribution in [3.63, 3.8) is 0 Å². The van der Waals surface area contributed by atoms with E-state index < -0.39 is 5.91 Å². The Bertz CT molecular complexity index is 1020. The number of carbonyl (C=O) groups is 2. The maximum Gasteiger partial charge on any atom is 0.320 e. The van der Waals surface area contributed by atoms with Gasteiger partial charge in [-0.15, -0.1) is 5.10 Å². The fourth-order valence-corrected chi connectivity index (χ4v) is 6.06. The second-order valence-corrected chi connectivity index (χ2v) is 10.3. The summed E-state index contributed by atoms with van der Waals surface area (Å²) in [7, 11) is 2.05. The lowest BCUT2D eigenvalue weighted by Crippen LogP contribution is -2.56. The Balaban J connectivity index is 1.35. The van der Waals surface area contributed by atoms with Gasteiger partial charge >= 0.3 is 6.03 Å². The number of benzene rings is 1. The van der Waals surface area contributed by atoms with Crippen molar-refractivity contribution >= 4 is 11.9 Å². The molecule has 182 valence electrons. The van der Waals surface area contributed by atoms with Crippen LogP contribution in [0.1, 0.15) is 56.2 Å². The monoisotopic (exact) mass is 465 g/mol.